The second-order valence-corrected chi connectivity index (χ2v) is 9.15. The number of amides is 1. The van der Waals surface area contributed by atoms with E-state index in [0.29, 0.717) is 5.56 Å². The molecule has 0 bridgehead atoms. The molecule has 0 heterocycles. The number of carbonyl (C=O) groups is 1. The maximum atomic E-state index is 12.9. The number of nitrogens with one attached hydrogen (secondary N) is 1. The first-order valence-corrected chi connectivity index (χ1v) is 11.4. The smallest absolute Gasteiger partial charge is 0.271 e. The van der Waals surface area contributed by atoms with Crippen LogP contribution >= 0.6 is 0 Å². The van der Waals surface area contributed by atoms with E-state index >= 15 is 0 Å². The number of hydrogen-bond donors (Lipinski definition) is 1. The first-order chi connectivity index (χ1) is 14.0. The summed E-state index contributed by atoms with van der Waals surface area (Å²) in [5.74, 6) is -0.501. The van der Waals surface area contributed by atoms with Gasteiger partial charge < -0.3 is 5.32 Å². The van der Waals surface area contributed by atoms with Gasteiger partial charge in [-0.1, -0.05) is 37.3 Å². The quantitative estimate of drug-likeness (QED) is 0.506. The third-order valence-corrected chi connectivity index (χ3v) is 6.20. The van der Waals surface area contributed by atoms with Crippen LogP contribution in [-0.2, 0) is 21.2 Å². The monoisotopic (exact) mass is 433 g/mol. The number of sulfonamides is 1. The fraction of sp³-hybridized carbons (Fsp3) is 0.381. The van der Waals surface area contributed by atoms with Gasteiger partial charge in [0.25, 0.3) is 5.69 Å². The fourth-order valence-corrected chi connectivity index (χ4v) is 4.41. The molecule has 30 heavy (non-hydrogen) atoms. The zero-order valence-corrected chi connectivity index (χ0v) is 18.6. The number of aryl methyl sites for hydroxylation is 2. The number of anilines is 1. The van der Waals surface area contributed by atoms with Gasteiger partial charge >= 0.3 is 0 Å². The van der Waals surface area contributed by atoms with Gasteiger partial charge in [0.05, 0.1) is 22.9 Å². The molecule has 0 saturated carbocycles. The van der Waals surface area contributed by atoms with Crippen LogP contribution in [0.15, 0.2) is 42.5 Å². The van der Waals surface area contributed by atoms with Crippen LogP contribution < -0.4 is 9.62 Å². The number of hydrogen-bond acceptors (Lipinski definition) is 5. The predicted octanol–water partition coefficient (Wildman–Crippen LogP) is 3.50. The molecule has 2 unspecified atom stereocenters. The zero-order chi connectivity index (χ0) is 22.6. The lowest BCUT2D eigenvalue weighted by atomic mass is 10.0. The summed E-state index contributed by atoms with van der Waals surface area (Å²) < 4.78 is 26.0. The van der Waals surface area contributed by atoms with Crippen molar-refractivity contribution in [1.29, 1.82) is 0 Å². The van der Waals surface area contributed by atoms with Crippen LogP contribution in [0.3, 0.4) is 0 Å². The van der Waals surface area contributed by atoms with E-state index in [0.717, 1.165) is 22.5 Å². The summed E-state index contributed by atoms with van der Waals surface area (Å²) in [4.78, 5) is 23.4. The lowest BCUT2D eigenvalue weighted by Gasteiger charge is -2.30. The largest absolute Gasteiger partial charge is 0.348 e. The molecule has 1 N–H and O–H groups in total. The number of benzene rings is 2. The van der Waals surface area contributed by atoms with Crippen LogP contribution in [0, 0.1) is 17.0 Å². The summed E-state index contributed by atoms with van der Waals surface area (Å²) in [5.41, 5.74) is 2.43. The molecule has 1 amide bonds. The Labute approximate surface area is 177 Å². The van der Waals surface area contributed by atoms with Crippen LogP contribution in [0.5, 0.6) is 0 Å². The summed E-state index contributed by atoms with van der Waals surface area (Å²) in [5, 5.41) is 14.0. The van der Waals surface area contributed by atoms with Gasteiger partial charge in [-0.3, -0.25) is 19.2 Å². The maximum Gasteiger partial charge on any atom is 0.271 e. The molecular formula is C21H27N3O5S. The Morgan fingerprint density at radius 2 is 1.77 bits per heavy atom. The first-order valence-electron chi connectivity index (χ1n) is 9.59. The molecule has 162 valence electrons. The molecule has 0 spiro atoms. The van der Waals surface area contributed by atoms with E-state index in [1.54, 1.807) is 6.92 Å². The molecule has 8 nitrogen and oxygen atoms in total. The lowest BCUT2D eigenvalue weighted by molar-refractivity contribution is -0.384. The van der Waals surface area contributed by atoms with E-state index in [9.17, 15) is 23.3 Å². The van der Waals surface area contributed by atoms with E-state index in [-0.39, 0.29) is 17.4 Å². The van der Waals surface area contributed by atoms with Gasteiger partial charge in [-0.2, -0.15) is 0 Å². The molecule has 9 heteroatoms. The zero-order valence-electron chi connectivity index (χ0n) is 17.7. The predicted molar refractivity (Wildman–Crippen MR) is 117 cm³/mol. The van der Waals surface area contributed by atoms with E-state index in [1.165, 1.54) is 30.7 Å². The molecule has 2 atom stereocenters. The first kappa shape index (κ1) is 23.3. The topological polar surface area (TPSA) is 110 Å². The highest BCUT2D eigenvalue weighted by atomic mass is 32.2. The second kappa shape index (κ2) is 9.25. The molecule has 2 aromatic rings. The summed E-state index contributed by atoms with van der Waals surface area (Å²) in [6.07, 6.45) is 1.88. The van der Waals surface area contributed by atoms with E-state index in [2.05, 4.69) is 12.2 Å². The van der Waals surface area contributed by atoms with Crippen molar-refractivity contribution in [3.05, 3.63) is 69.3 Å². The second-order valence-electron chi connectivity index (χ2n) is 7.29. The third-order valence-electron chi connectivity index (χ3n) is 4.98. The van der Waals surface area contributed by atoms with Crippen LogP contribution in [0.2, 0.25) is 0 Å². The maximum absolute atomic E-state index is 12.9. The van der Waals surface area contributed by atoms with Gasteiger partial charge in [-0.25, -0.2) is 8.42 Å². The van der Waals surface area contributed by atoms with Crippen molar-refractivity contribution in [2.24, 2.45) is 0 Å². The molecule has 0 aromatic heterocycles. The van der Waals surface area contributed by atoms with Crippen molar-refractivity contribution >= 4 is 27.3 Å². The van der Waals surface area contributed by atoms with Crippen molar-refractivity contribution < 1.29 is 18.1 Å². The minimum absolute atomic E-state index is 0.106. The van der Waals surface area contributed by atoms with Crippen molar-refractivity contribution in [1.82, 2.24) is 5.32 Å². The number of non-ortho nitro benzene ring substituents is 1. The SMILES string of the molecule is CCc1ccc(C(C)NC(=O)C(C)N(c2cc([N+](=O)[O-])ccc2C)S(C)(=O)=O)cc1. The highest BCUT2D eigenvalue weighted by Gasteiger charge is 2.31. The van der Waals surface area contributed by atoms with Crippen LogP contribution in [0.25, 0.3) is 0 Å². The van der Waals surface area contributed by atoms with Gasteiger partial charge in [0.15, 0.2) is 0 Å². The molecule has 2 rings (SSSR count). The summed E-state index contributed by atoms with van der Waals surface area (Å²) in [6, 6.07) is 10.3. The summed E-state index contributed by atoms with van der Waals surface area (Å²) in [6.45, 7) is 6.97. The van der Waals surface area contributed by atoms with E-state index in [4.69, 9.17) is 0 Å². The third kappa shape index (κ3) is 5.35. The van der Waals surface area contributed by atoms with Crippen LogP contribution in [-0.4, -0.2) is 31.5 Å². The van der Waals surface area contributed by atoms with Crippen LogP contribution in [0.4, 0.5) is 11.4 Å². The average molecular weight is 434 g/mol. The highest BCUT2D eigenvalue weighted by Crippen LogP contribution is 2.29. The molecule has 0 aliphatic heterocycles. The van der Waals surface area contributed by atoms with Crippen molar-refractivity contribution in [3.63, 3.8) is 0 Å². The number of carbonyl (C=O) groups excluding carboxylic acids is 1. The molecule has 0 aliphatic carbocycles. The van der Waals surface area contributed by atoms with Crippen molar-refractivity contribution in [3.8, 4) is 0 Å². The molecular weight excluding hydrogens is 406 g/mol. The molecule has 0 radical (unpaired) electrons. The Hall–Kier alpha value is -2.94. The minimum Gasteiger partial charge on any atom is -0.348 e. The Kier molecular flexibility index (Phi) is 7.20. The molecule has 0 saturated heterocycles. The van der Waals surface area contributed by atoms with Gasteiger partial charge in [0, 0.05) is 12.1 Å². The summed E-state index contributed by atoms with van der Waals surface area (Å²) in [7, 11) is -3.89. The Balaban J connectivity index is 2.33. The minimum atomic E-state index is -3.89. The molecule has 0 fully saturated rings. The van der Waals surface area contributed by atoms with E-state index in [1.807, 2.05) is 31.2 Å². The number of nitro groups is 1. The number of nitrogens with zero attached hydrogens (tertiary/aromatic N) is 2. The van der Waals surface area contributed by atoms with Crippen molar-refractivity contribution in [2.75, 3.05) is 10.6 Å². The Morgan fingerprint density at radius 1 is 1.17 bits per heavy atom. The fourth-order valence-electron chi connectivity index (χ4n) is 3.19. The van der Waals surface area contributed by atoms with Gasteiger partial charge in [-0.15, -0.1) is 0 Å². The normalized spacial score (nSPS) is 13.4. The number of rotatable bonds is 8. The average Bonchev–Trinajstić information content (AvgIpc) is 2.68. The number of nitro benzene ring substituents is 1. The van der Waals surface area contributed by atoms with Crippen LogP contribution in [0.1, 0.15) is 43.5 Å². The standard InChI is InChI=1S/C21H27N3O5S/c1-6-17-8-10-18(11-9-17)15(3)22-21(25)16(4)23(30(5,28)29)20-13-19(24(26)27)12-7-14(20)2/h7-13,15-16H,6H2,1-5H3,(H,22,25). The van der Waals surface area contributed by atoms with Crippen molar-refractivity contribution in [2.45, 2.75) is 46.2 Å². The van der Waals surface area contributed by atoms with Gasteiger partial charge in [-0.05, 0) is 43.9 Å². The summed E-state index contributed by atoms with van der Waals surface area (Å²) >= 11 is 0. The molecule has 0 aliphatic rings. The molecule has 2 aromatic carbocycles. The van der Waals surface area contributed by atoms with E-state index < -0.39 is 26.9 Å². The Bertz CT molecular complexity index is 1040. The Morgan fingerprint density at radius 3 is 2.27 bits per heavy atom. The van der Waals surface area contributed by atoms with Gasteiger partial charge in [0.1, 0.15) is 6.04 Å². The lowest BCUT2D eigenvalue weighted by Crippen LogP contribution is -2.48. The highest BCUT2D eigenvalue weighted by molar-refractivity contribution is 7.92. The van der Waals surface area contributed by atoms with Gasteiger partial charge in [0.2, 0.25) is 15.9 Å².